The quantitative estimate of drug-likeness (QED) is 0.377. The van der Waals surface area contributed by atoms with Gasteiger partial charge in [0.25, 0.3) is 0 Å². The third kappa shape index (κ3) is 8.33. The van der Waals surface area contributed by atoms with E-state index in [-0.39, 0.29) is 42.2 Å². The van der Waals surface area contributed by atoms with Crippen LogP contribution in [0.25, 0.3) is 0 Å². The summed E-state index contributed by atoms with van der Waals surface area (Å²) in [5.74, 6) is 0.414. The Labute approximate surface area is 172 Å². The summed E-state index contributed by atoms with van der Waals surface area (Å²) in [6.07, 6.45) is 6.70. The SMILES string of the molecule is CN(C)C(=O)CN=C(NCCc1cccc(F)c1)NC1CCCCC1.I. The zero-order valence-electron chi connectivity index (χ0n) is 15.6. The van der Waals surface area contributed by atoms with E-state index >= 15 is 0 Å². The molecule has 7 heteroatoms. The van der Waals surface area contributed by atoms with E-state index in [9.17, 15) is 9.18 Å². The second kappa shape index (κ2) is 12.1. The van der Waals surface area contributed by atoms with Gasteiger partial charge in [0.05, 0.1) is 0 Å². The molecule has 0 spiro atoms. The summed E-state index contributed by atoms with van der Waals surface area (Å²) in [5, 5.41) is 6.72. The Morgan fingerprint density at radius 1 is 1.27 bits per heavy atom. The van der Waals surface area contributed by atoms with Crippen molar-refractivity contribution in [2.45, 2.75) is 44.6 Å². The maximum atomic E-state index is 13.2. The van der Waals surface area contributed by atoms with Crippen molar-refractivity contribution in [3.05, 3.63) is 35.6 Å². The molecule has 1 aromatic carbocycles. The smallest absolute Gasteiger partial charge is 0.243 e. The van der Waals surface area contributed by atoms with Crippen LogP contribution in [0.4, 0.5) is 4.39 Å². The fourth-order valence-corrected chi connectivity index (χ4v) is 2.90. The molecular formula is C19H30FIN4O. The highest BCUT2D eigenvalue weighted by atomic mass is 127. The van der Waals surface area contributed by atoms with Gasteiger partial charge in [0.2, 0.25) is 5.91 Å². The predicted octanol–water partition coefficient (Wildman–Crippen LogP) is 2.94. The number of hydrogen-bond donors (Lipinski definition) is 2. The second-order valence-electron chi connectivity index (χ2n) is 6.74. The molecule has 0 aromatic heterocycles. The van der Waals surface area contributed by atoms with Crippen LogP contribution in [0.3, 0.4) is 0 Å². The lowest BCUT2D eigenvalue weighted by atomic mass is 9.96. The summed E-state index contributed by atoms with van der Waals surface area (Å²) in [7, 11) is 3.45. The van der Waals surface area contributed by atoms with Crippen molar-refractivity contribution in [1.29, 1.82) is 0 Å². The lowest BCUT2D eigenvalue weighted by molar-refractivity contribution is -0.127. The van der Waals surface area contributed by atoms with Crippen molar-refractivity contribution in [2.24, 2.45) is 4.99 Å². The van der Waals surface area contributed by atoms with E-state index in [0.717, 1.165) is 18.4 Å². The van der Waals surface area contributed by atoms with E-state index in [0.29, 0.717) is 25.0 Å². The van der Waals surface area contributed by atoms with Crippen molar-refractivity contribution >= 4 is 35.8 Å². The number of nitrogens with one attached hydrogen (secondary N) is 2. The fourth-order valence-electron chi connectivity index (χ4n) is 2.90. The van der Waals surface area contributed by atoms with Gasteiger partial charge >= 0.3 is 0 Å². The van der Waals surface area contributed by atoms with Gasteiger partial charge in [-0.2, -0.15) is 0 Å². The standard InChI is InChI=1S/C19H29FN4O.HI/c1-24(2)18(25)14-22-19(23-17-9-4-3-5-10-17)21-12-11-15-7-6-8-16(20)13-15;/h6-8,13,17H,3-5,9-12,14H2,1-2H3,(H2,21,22,23);1H. The molecule has 0 heterocycles. The van der Waals surface area contributed by atoms with E-state index < -0.39 is 0 Å². The molecule has 0 saturated heterocycles. The van der Waals surface area contributed by atoms with Crippen LogP contribution in [0.15, 0.2) is 29.3 Å². The van der Waals surface area contributed by atoms with Crippen LogP contribution >= 0.6 is 24.0 Å². The number of amides is 1. The highest BCUT2D eigenvalue weighted by molar-refractivity contribution is 14.0. The van der Waals surface area contributed by atoms with E-state index in [1.54, 1.807) is 26.2 Å². The lowest BCUT2D eigenvalue weighted by Gasteiger charge is -2.25. The Kier molecular flexibility index (Phi) is 10.5. The Morgan fingerprint density at radius 2 is 2.00 bits per heavy atom. The maximum absolute atomic E-state index is 13.2. The topological polar surface area (TPSA) is 56.7 Å². The van der Waals surface area contributed by atoms with Crippen LogP contribution in [-0.2, 0) is 11.2 Å². The summed E-state index contributed by atoms with van der Waals surface area (Å²) < 4.78 is 13.2. The average Bonchev–Trinajstić information content (AvgIpc) is 2.60. The number of guanidine groups is 1. The minimum Gasteiger partial charge on any atom is -0.356 e. The highest BCUT2D eigenvalue weighted by Crippen LogP contribution is 2.17. The number of nitrogens with zero attached hydrogens (tertiary/aromatic N) is 2. The van der Waals surface area contributed by atoms with Gasteiger partial charge in [-0.25, -0.2) is 9.38 Å². The molecule has 0 bridgehead atoms. The number of carbonyl (C=O) groups is 1. The average molecular weight is 476 g/mol. The number of rotatable bonds is 6. The molecule has 146 valence electrons. The maximum Gasteiger partial charge on any atom is 0.243 e. The van der Waals surface area contributed by atoms with Crippen LogP contribution in [0.5, 0.6) is 0 Å². The van der Waals surface area contributed by atoms with Gasteiger partial charge in [0, 0.05) is 26.7 Å². The zero-order chi connectivity index (χ0) is 18.1. The van der Waals surface area contributed by atoms with E-state index in [1.165, 1.54) is 30.2 Å². The fraction of sp³-hybridized carbons (Fsp3) is 0.579. The molecule has 2 N–H and O–H groups in total. The first-order valence-corrected chi connectivity index (χ1v) is 9.04. The Morgan fingerprint density at radius 3 is 2.65 bits per heavy atom. The first-order chi connectivity index (χ1) is 12.0. The van der Waals surface area contributed by atoms with Gasteiger partial charge in [-0.1, -0.05) is 31.4 Å². The Balaban J connectivity index is 0.00000338. The number of benzene rings is 1. The van der Waals surface area contributed by atoms with Crippen molar-refractivity contribution < 1.29 is 9.18 Å². The van der Waals surface area contributed by atoms with Crippen molar-refractivity contribution in [3.63, 3.8) is 0 Å². The van der Waals surface area contributed by atoms with Crippen molar-refractivity contribution in [3.8, 4) is 0 Å². The molecule has 1 aromatic rings. The zero-order valence-corrected chi connectivity index (χ0v) is 18.0. The molecule has 2 rings (SSSR count). The number of likely N-dealkylation sites (N-methyl/N-ethyl adjacent to an activating group) is 1. The van der Waals surface area contributed by atoms with Crippen LogP contribution in [0.2, 0.25) is 0 Å². The van der Waals surface area contributed by atoms with Crippen LogP contribution in [-0.4, -0.2) is 50.0 Å². The molecule has 5 nitrogen and oxygen atoms in total. The number of carbonyl (C=O) groups excluding carboxylic acids is 1. The third-order valence-corrected chi connectivity index (χ3v) is 4.41. The van der Waals surface area contributed by atoms with Crippen molar-refractivity contribution in [2.75, 3.05) is 27.2 Å². The van der Waals surface area contributed by atoms with Crippen LogP contribution in [0, 0.1) is 5.82 Å². The van der Waals surface area contributed by atoms with Crippen LogP contribution < -0.4 is 10.6 Å². The van der Waals surface area contributed by atoms with Gasteiger partial charge in [0.1, 0.15) is 12.4 Å². The van der Waals surface area contributed by atoms with Gasteiger partial charge in [-0.15, -0.1) is 24.0 Å². The first-order valence-electron chi connectivity index (χ1n) is 9.04. The van der Waals surface area contributed by atoms with E-state index in [2.05, 4.69) is 15.6 Å². The minimum atomic E-state index is -0.219. The molecule has 0 unspecified atom stereocenters. The lowest BCUT2D eigenvalue weighted by Crippen LogP contribution is -2.45. The van der Waals surface area contributed by atoms with Gasteiger partial charge in [0.15, 0.2) is 5.96 Å². The van der Waals surface area contributed by atoms with Crippen molar-refractivity contribution in [1.82, 2.24) is 15.5 Å². The summed E-state index contributed by atoms with van der Waals surface area (Å²) >= 11 is 0. The molecule has 1 aliphatic carbocycles. The molecule has 1 amide bonds. The minimum absolute atomic E-state index is 0. The molecule has 26 heavy (non-hydrogen) atoms. The molecule has 1 aliphatic rings. The highest BCUT2D eigenvalue weighted by Gasteiger charge is 2.15. The molecule has 1 fully saturated rings. The molecule has 0 aliphatic heterocycles. The molecule has 1 saturated carbocycles. The Hall–Kier alpha value is -1.38. The molecular weight excluding hydrogens is 446 g/mol. The number of aliphatic imine (C=N–C) groups is 1. The second-order valence-corrected chi connectivity index (χ2v) is 6.74. The summed E-state index contributed by atoms with van der Waals surface area (Å²) in [5.41, 5.74) is 0.939. The molecule has 0 atom stereocenters. The largest absolute Gasteiger partial charge is 0.356 e. The first kappa shape index (κ1) is 22.7. The molecule has 0 radical (unpaired) electrons. The van der Waals surface area contributed by atoms with Gasteiger partial charge in [-0.05, 0) is 37.0 Å². The summed E-state index contributed by atoms with van der Waals surface area (Å²) in [6.45, 7) is 0.757. The normalized spacial score (nSPS) is 15.1. The summed E-state index contributed by atoms with van der Waals surface area (Å²) in [6, 6.07) is 7.02. The van der Waals surface area contributed by atoms with E-state index in [4.69, 9.17) is 0 Å². The summed E-state index contributed by atoms with van der Waals surface area (Å²) in [4.78, 5) is 17.7. The van der Waals surface area contributed by atoms with Gasteiger partial charge in [-0.3, -0.25) is 4.79 Å². The monoisotopic (exact) mass is 476 g/mol. The Bertz CT molecular complexity index is 589. The van der Waals surface area contributed by atoms with Crippen LogP contribution in [0.1, 0.15) is 37.7 Å². The van der Waals surface area contributed by atoms with Gasteiger partial charge < -0.3 is 15.5 Å². The third-order valence-electron chi connectivity index (χ3n) is 4.41. The number of halogens is 2. The number of hydrogen-bond acceptors (Lipinski definition) is 2. The predicted molar refractivity (Wildman–Crippen MR) is 115 cm³/mol. The van der Waals surface area contributed by atoms with E-state index in [1.807, 2.05) is 6.07 Å².